The van der Waals surface area contributed by atoms with Gasteiger partial charge in [-0.25, -0.2) is 4.98 Å². The van der Waals surface area contributed by atoms with Gasteiger partial charge in [0.05, 0.1) is 12.5 Å². The maximum Gasteiger partial charge on any atom is 0.126 e. The number of benzene rings is 2. The number of imidazole rings is 1. The van der Waals surface area contributed by atoms with Crippen LogP contribution in [-0.2, 0) is 13.1 Å². The summed E-state index contributed by atoms with van der Waals surface area (Å²) in [5, 5.41) is 0. The first-order valence-corrected chi connectivity index (χ1v) is 6.73. The molecule has 0 bridgehead atoms. The zero-order valence-electron chi connectivity index (χ0n) is 11.2. The topological polar surface area (TPSA) is 31.9 Å². The molecule has 3 rings (SSSR count). The van der Waals surface area contributed by atoms with Crippen LogP contribution < -0.4 is 4.90 Å². The van der Waals surface area contributed by atoms with Crippen molar-refractivity contribution in [2.75, 3.05) is 4.90 Å². The molecular weight excluding hydrogens is 246 g/mol. The largest absolute Gasteiger partial charge is 0.348 e. The van der Waals surface area contributed by atoms with E-state index in [-0.39, 0.29) is 0 Å². The van der Waals surface area contributed by atoms with Gasteiger partial charge in [-0.3, -0.25) is 0 Å². The van der Waals surface area contributed by atoms with E-state index in [1.54, 1.807) is 6.33 Å². The van der Waals surface area contributed by atoms with E-state index < -0.39 is 0 Å². The molecule has 0 saturated heterocycles. The summed E-state index contributed by atoms with van der Waals surface area (Å²) >= 11 is 0. The highest BCUT2D eigenvalue weighted by molar-refractivity contribution is 5.38. The molecule has 0 atom stereocenters. The molecule has 3 nitrogen and oxygen atoms in total. The van der Waals surface area contributed by atoms with Gasteiger partial charge >= 0.3 is 0 Å². The summed E-state index contributed by atoms with van der Waals surface area (Å²) < 4.78 is 0. The van der Waals surface area contributed by atoms with Crippen LogP contribution in [0.25, 0.3) is 0 Å². The smallest absolute Gasteiger partial charge is 0.126 e. The second kappa shape index (κ2) is 6.06. The van der Waals surface area contributed by atoms with Crippen molar-refractivity contribution >= 4 is 5.82 Å². The quantitative estimate of drug-likeness (QED) is 0.762. The predicted octanol–water partition coefficient (Wildman–Crippen LogP) is 3.62. The number of aromatic amines is 1. The Labute approximate surface area is 118 Å². The molecule has 100 valence electrons. The average Bonchev–Trinajstić information content (AvgIpc) is 3.03. The summed E-state index contributed by atoms with van der Waals surface area (Å²) in [5.41, 5.74) is 2.58. The number of rotatable bonds is 5. The third-order valence-electron chi connectivity index (χ3n) is 3.26. The first kappa shape index (κ1) is 12.5. The van der Waals surface area contributed by atoms with Crippen LogP contribution in [0.2, 0.25) is 0 Å². The molecule has 0 aliphatic carbocycles. The van der Waals surface area contributed by atoms with E-state index in [0.29, 0.717) is 0 Å². The van der Waals surface area contributed by atoms with E-state index in [9.17, 15) is 0 Å². The maximum absolute atomic E-state index is 4.13. The van der Waals surface area contributed by atoms with Crippen molar-refractivity contribution in [1.82, 2.24) is 9.97 Å². The Morgan fingerprint density at radius 1 is 0.800 bits per heavy atom. The van der Waals surface area contributed by atoms with Crippen molar-refractivity contribution in [2.45, 2.75) is 13.1 Å². The molecule has 0 spiro atoms. The molecule has 3 heteroatoms. The second-order valence-corrected chi connectivity index (χ2v) is 4.76. The van der Waals surface area contributed by atoms with Crippen molar-refractivity contribution in [3.8, 4) is 0 Å². The molecule has 0 aliphatic heterocycles. The Morgan fingerprint density at radius 3 is 1.80 bits per heavy atom. The lowest BCUT2D eigenvalue weighted by molar-refractivity contribution is 0.787. The molecule has 0 radical (unpaired) electrons. The normalized spacial score (nSPS) is 10.4. The zero-order chi connectivity index (χ0) is 13.6. The maximum atomic E-state index is 4.13. The predicted molar refractivity (Wildman–Crippen MR) is 81.4 cm³/mol. The molecule has 0 saturated carbocycles. The summed E-state index contributed by atoms with van der Waals surface area (Å²) in [6.07, 6.45) is 3.59. The van der Waals surface area contributed by atoms with Crippen LogP contribution in [0.5, 0.6) is 0 Å². The number of aromatic nitrogens is 2. The van der Waals surface area contributed by atoms with Gasteiger partial charge < -0.3 is 9.88 Å². The Bertz CT molecular complexity index is 576. The summed E-state index contributed by atoms with van der Waals surface area (Å²) in [6.45, 7) is 1.72. The minimum absolute atomic E-state index is 0.859. The number of nitrogens with zero attached hydrogens (tertiary/aromatic N) is 2. The molecule has 0 aliphatic rings. The minimum atomic E-state index is 0.859. The van der Waals surface area contributed by atoms with E-state index in [1.807, 2.05) is 18.3 Å². The third-order valence-corrected chi connectivity index (χ3v) is 3.26. The van der Waals surface area contributed by atoms with Gasteiger partial charge in [0.25, 0.3) is 0 Å². The Kier molecular flexibility index (Phi) is 3.78. The second-order valence-electron chi connectivity index (χ2n) is 4.76. The lowest BCUT2D eigenvalue weighted by atomic mass is 10.1. The van der Waals surface area contributed by atoms with Crippen LogP contribution >= 0.6 is 0 Å². The molecule has 1 heterocycles. The van der Waals surface area contributed by atoms with Crippen LogP contribution in [-0.4, -0.2) is 9.97 Å². The number of hydrogen-bond acceptors (Lipinski definition) is 2. The number of anilines is 1. The van der Waals surface area contributed by atoms with Gasteiger partial charge in [-0.15, -0.1) is 0 Å². The lowest BCUT2D eigenvalue weighted by Crippen LogP contribution is -2.22. The standard InChI is InChI=1S/C17H17N3/c1-3-7-15(8-4-1)12-20(17-11-18-14-19-17)13-16-9-5-2-6-10-16/h1-11,14H,12-13H2,(H,18,19). The van der Waals surface area contributed by atoms with Crippen molar-refractivity contribution in [1.29, 1.82) is 0 Å². The van der Waals surface area contributed by atoms with Gasteiger partial charge in [-0.1, -0.05) is 60.7 Å². The van der Waals surface area contributed by atoms with Crippen LogP contribution in [0.3, 0.4) is 0 Å². The van der Waals surface area contributed by atoms with Crippen LogP contribution in [0.1, 0.15) is 11.1 Å². The summed E-state index contributed by atoms with van der Waals surface area (Å²) in [6, 6.07) is 21.0. The highest BCUT2D eigenvalue weighted by Gasteiger charge is 2.09. The molecule has 0 fully saturated rings. The first-order chi connectivity index (χ1) is 9.92. The molecule has 2 aromatic carbocycles. The van der Waals surface area contributed by atoms with Gasteiger partial charge in [-0.2, -0.15) is 0 Å². The summed E-state index contributed by atoms with van der Waals surface area (Å²) in [4.78, 5) is 9.61. The monoisotopic (exact) mass is 263 g/mol. The van der Waals surface area contributed by atoms with Gasteiger partial charge in [0.15, 0.2) is 0 Å². The highest BCUT2D eigenvalue weighted by atomic mass is 15.2. The highest BCUT2D eigenvalue weighted by Crippen LogP contribution is 2.17. The van der Waals surface area contributed by atoms with E-state index in [2.05, 4.69) is 63.4 Å². The summed E-state index contributed by atoms with van der Waals surface area (Å²) in [7, 11) is 0. The Hall–Kier alpha value is -2.55. The molecular formula is C17H17N3. The number of nitrogens with one attached hydrogen (secondary N) is 1. The van der Waals surface area contributed by atoms with Gasteiger partial charge in [-0.05, 0) is 11.1 Å². The molecule has 20 heavy (non-hydrogen) atoms. The van der Waals surface area contributed by atoms with Crippen molar-refractivity contribution in [2.24, 2.45) is 0 Å². The van der Waals surface area contributed by atoms with Crippen LogP contribution in [0, 0.1) is 0 Å². The van der Waals surface area contributed by atoms with E-state index in [0.717, 1.165) is 18.9 Å². The van der Waals surface area contributed by atoms with Gasteiger partial charge in [0.2, 0.25) is 0 Å². The van der Waals surface area contributed by atoms with Crippen molar-refractivity contribution < 1.29 is 0 Å². The first-order valence-electron chi connectivity index (χ1n) is 6.73. The molecule has 1 N–H and O–H groups in total. The van der Waals surface area contributed by atoms with Crippen LogP contribution in [0.15, 0.2) is 73.2 Å². The van der Waals surface area contributed by atoms with E-state index in [1.165, 1.54) is 11.1 Å². The number of H-pyrrole nitrogens is 1. The minimum Gasteiger partial charge on any atom is -0.348 e. The molecule has 0 unspecified atom stereocenters. The third kappa shape index (κ3) is 3.06. The van der Waals surface area contributed by atoms with E-state index in [4.69, 9.17) is 0 Å². The molecule has 3 aromatic rings. The number of hydrogen-bond donors (Lipinski definition) is 1. The van der Waals surface area contributed by atoms with E-state index >= 15 is 0 Å². The zero-order valence-corrected chi connectivity index (χ0v) is 11.2. The fraction of sp³-hybridized carbons (Fsp3) is 0.118. The lowest BCUT2D eigenvalue weighted by Gasteiger charge is -2.23. The Balaban J connectivity index is 1.81. The van der Waals surface area contributed by atoms with Crippen molar-refractivity contribution in [3.05, 3.63) is 84.3 Å². The summed E-state index contributed by atoms with van der Waals surface area (Å²) in [5.74, 6) is 1.04. The average molecular weight is 263 g/mol. The van der Waals surface area contributed by atoms with Crippen molar-refractivity contribution in [3.63, 3.8) is 0 Å². The van der Waals surface area contributed by atoms with Gasteiger partial charge in [0.1, 0.15) is 5.82 Å². The molecule has 0 amide bonds. The SMILES string of the molecule is c1ccc(CN(Cc2ccccc2)c2cnc[nH]2)cc1. The van der Waals surface area contributed by atoms with Gasteiger partial charge in [0, 0.05) is 13.1 Å². The molecule has 1 aromatic heterocycles. The fourth-order valence-corrected chi connectivity index (χ4v) is 2.26. The Morgan fingerprint density at radius 2 is 1.35 bits per heavy atom. The van der Waals surface area contributed by atoms with Crippen LogP contribution in [0.4, 0.5) is 5.82 Å². The fourth-order valence-electron chi connectivity index (χ4n) is 2.26.